The van der Waals surface area contributed by atoms with Gasteiger partial charge in [0.25, 0.3) is 5.91 Å². The molecule has 0 bridgehead atoms. The number of anilines is 1. The largest absolute Gasteiger partial charge is 0.377 e. The maximum atomic E-state index is 12.6. The van der Waals surface area contributed by atoms with E-state index in [2.05, 4.69) is 12.2 Å². The Morgan fingerprint density at radius 1 is 1.33 bits per heavy atom. The predicted octanol–water partition coefficient (Wildman–Crippen LogP) is 2.36. The third kappa shape index (κ3) is 2.51. The number of carbonyl (C=O) groups is 2. The van der Waals surface area contributed by atoms with Crippen molar-refractivity contribution in [1.29, 1.82) is 0 Å². The Hall–Kier alpha value is -1.88. The monoisotopic (exact) mass is 328 g/mol. The van der Waals surface area contributed by atoms with Gasteiger partial charge >= 0.3 is 0 Å². The van der Waals surface area contributed by atoms with E-state index in [0.29, 0.717) is 29.9 Å². The molecule has 3 aliphatic rings. The number of amides is 2. The summed E-state index contributed by atoms with van der Waals surface area (Å²) in [7, 11) is 0. The van der Waals surface area contributed by atoms with Gasteiger partial charge in [-0.25, -0.2) is 0 Å². The van der Waals surface area contributed by atoms with Crippen LogP contribution in [0.3, 0.4) is 0 Å². The molecule has 2 amide bonds. The average molecular weight is 328 g/mol. The quantitative estimate of drug-likeness (QED) is 0.923. The van der Waals surface area contributed by atoms with Crippen LogP contribution in [0.2, 0.25) is 0 Å². The van der Waals surface area contributed by atoms with Crippen molar-refractivity contribution in [3.05, 3.63) is 29.8 Å². The summed E-state index contributed by atoms with van der Waals surface area (Å²) in [6, 6.07) is 7.61. The fourth-order valence-corrected chi connectivity index (χ4v) is 4.48. The molecule has 1 aromatic carbocycles. The number of benzene rings is 1. The summed E-state index contributed by atoms with van der Waals surface area (Å²) in [5, 5.41) is 3.20. The minimum atomic E-state index is -0.0249. The van der Waals surface area contributed by atoms with E-state index in [1.165, 1.54) is 0 Å². The van der Waals surface area contributed by atoms with E-state index in [1.807, 2.05) is 24.3 Å². The highest BCUT2D eigenvalue weighted by molar-refractivity contribution is 5.97. The van der Waals surface area contributed by atoms with Gasteiger partial charge in [0.2, 0.25) is 5.91 Å². The van der Waals surface area contributed by atoms with Gasteiger partial charge in [-0.3, -0.25) is 9.59 Å². The molecule has 2 heterocycles. The highest BCUT2D eigenvalue weighted by Gasteiger charge is 2.53. The predicted molar refractivity (Wildman–Crippen MR) is 90.9 cm³/mol. The Morgan fingerprint density at radius 3 is 2.79 bits per heavy atom. The van der Waals surface area contributed by atoms with Crippen LogP contribution >= 0.6 is 0 Å². The Balaban J connectivity index is 1.42. The number of fused-ring (bicyclic) bond motifs is 1. The second-order valence-corrected chi connectivity index (χ2v) is 7.06. The third-order valence-electron chi connectivity index (χ3n) is 5.81. The fraction of sp³-hybridized carbons (Fsp3) is 0.579. The van der Waals surface area contributed by atoms with Gasteiger partial charge < -0.3 is 15.0 Å². The smallest absolute Gasteiger partial charge is 0.251 e. The molecule has 128 valence electrons. The summed E-state index contributed by atoms with van der Waals surface area (Å²) in [4.78, 5) is 26.2. The van der Waals surface area contributed by atoms with Gasteiger partial charge in [0, 0.05) is 48.7 Å². The molecule has 1 aromatic rings. The molecule has 5 nitrogen and oxygen atoms in total. The van der Waals surface area contributed by atoms with Crippen LogP contribution in [-0.4, -0.2) is 37.1 Å². The van der Waals surface area contributed by atoms with E-state index in [9.17, 15) is 9.59 Å². The molecular weight excluding hydrogens is 304 g/mol. The van der Waals surface area contributed by atoms with E-state index in [1.54, 1.807) is 4.90 Å². The number of carbonyl (C=O) groups excluding carboxylic acids is 2. The highest BCUT2D eigenvalue weighted by Crippen LogP contribution is 2.45. The van der Waals surface area contributed by atoms with Crippen molar-refractivity contribution in [3.8, 4) is 0 Å². The zero-order valence-corrected chi connectivity index (χ0v) is 14.0. The first-order valence-electron chi connectivity index (χ1n) is 9.02. The van der Waals surface area contributed by atoms with Crippen molar-refractivity contribution in [3.63, 3.8) is 0 Å². The maximum absolute atomic E-state index is 12.6. The number of rotatable bonds is 4. The molecule has 1 saturated carbocycles. The topological polar surface area (TPSA) is 58.6 Å². The fourth-order valence-electron chi connectivity index (χ4n) is 4.48. The van der Waals surface area contributed by atoms with Crippen LogP contribution in [-0.2, 0) is 9.53 Å². The van der Waals surface area contributed by atoms with Crippen LogP contribution in [0.1, 0.15) is 43.0 Å². The van der Waals surface area contributed by atoms with Gasteiger partial charge in [-0.1, -0.05) is 6.92 Å². The maximum Gasteiger partial charge on any atom is 0.251 e. The van der Waals surface area contributed by atoms with E-state index >= 15 is 0 Å². The lowest BCUT2D eigenvalue weighted by atomic mass is 9.65. The molecule has 0 radical (unpaired) electrons. The molecule has 1 N–H and O–H groups in total. The van der Waals surface area contributed by atoms with Gasteiger partial charge in [0.1, 0.15) is 0 Å². The molecule has 0 spiro atoms. The lowest BCUT2D eigenvalue weighted by Crippen LogP contribution is -2.61. The summed E-state index contributed by atoms with van der Waals surface area (Å²) in [5.74, 6) is 1.05. The van der Waals surface area contributed by atoms with Gasteiger partial charge in [0.15, 0.2) is 0 Å². The molecule has 0 unspecified atom stereocenters. The number of nitrogens with one attached hydrogen (secondary N) is 1. The molecule has 0 aromatic heterocycles. The minimum Gasteiger partial charge on any atom is -0.377 e. The molecule has 24 heavy (non-hydrogen) atoms. The van der Waals surface area contributed by atoms with Gasteiger partial charge in [-0.05, 0) is 43.5 Å². The molecule has 5 heteroatoms. The lowest BCUT2D eigenvalue weighted by Gasteiger charge is -2.47. The lowest BCUT2D eigenvalue weighted by molar-refractivity contribution is -0.117. The van der Waals surface area contributed by atoms with Crippen LogP contribution in [0, 0.1) is 11.8 Å². The number of nitrogens with zero attached hydrogens (tertiary/aromatic N) is 1. The normalized spacial score (nSPS) is 31.7. The van der Waals surface area contributed by atoms with Crippen LogP contribution in [0.25, 0.3) is 0 Å². The highest BCUT2D eigenvalue weighted by atomic mass is 16.5. The molecule has 4 rings (SSSR count). The van der Waals surface area contributed by atoms with Crippen LogP contribution < -0.4 is 10.2 Å². The van der Waals surface area contributed by atoms with Crippen molar-refractivity contribution in [2.75, 3.05) is 18.1 Å². The third-order valence-corrected chi connectivity index (χ3v) is 5.81. The van der Waals surface area contributed by atoms with Crippen LogP contribution in [0.15, 0.2) is 24.3 Å². The Morgan fingerprint density at radius 2 is 2.12 bits per heavy atom. The zero-order chi connectivity index (χ0) is 16.7. The Kier molecular flexibility index (Phi) is 4.04. The summed E-state index contributed by atoms with van der Waals surface area (Å²) in [5.41, 5.74) is 1.54. The van der Waals surface area contributed by atoms with Crippen molar-refractivity contribution in [1.82, 2.24) is 5.32 Å². The molecule has 1 aliphatic carbocycles. The summed E-state index contributed by atoms with van der Waals surface area (Å²) in [6.45, 7) is 3.74. The van der Waals surface area contributed by atoms with Crippen LogP contribution in [0.4, 0.5) is 5.69 Å². The van der Waals surface area contributed by atoms with Gasteiger partial charge in [-0.15, -0.1) is 0 Å². The standard InChI is InChI=1S/C19H24N2O3/c1-2-14-17(15-9-11-24-18(14)15)20-19(23)12-5-7-13(8-6-12)21-10-3-4-16(21)22/h5-8,14-15,17-18H,2-4,9-11H2,1H3,(H,20,23)/t14-,15+,17-,18-/m1/s1. The Labute approximate surface area is 142 Å². The molecular formula is C19H24N2O3. The van der Waals surface area contributed by atoms with Crippen molar-refractivity contribution in [2.24, 2.45) is 11.8 Å². The molecule has 4 atom stereocenters. The molecule has 2 aliphatic heterocycles. The zero-order valence-electron chi connectivity index (χ0n) is 14.0. The number of hydrogen-bond donors (Lipinski definition) is 1. The Bertz CT molecular complexity index is 643. The summed E-state index contributed by atoms with van der Waals surface area (Å²) in [6.07, 6.45) is 3.94. The number of ether oxygens (including phenoxy) is 1. The molecule has 2 saturated heterocycles. The second kappa shape index (κ2) is 6.20. The van der Waals surface area contributed by atoms with Gasteiger partial charge in [0.05, 0.1) is 6.10 Å². The SMILES string of the molecule is CC[C@@H]1[C@@H](NC(=O)c2ccc(N3CCCC3=O)cc2)[C@@H]2CCO[C@H]12. The van der Waals surface area contributed by atoms with E-state index in [0.717, 1.165) is 38.1 Å². The van der Waals surface area contributed by atoms with Crippen molar-refractivity contribution < 1.29 is 14.3 Å². The van der Waals surface area contributed by atoms with Crippen molar-refractivity contribution in [2.45, 2.75) is 44.8 Å². The van der Waals surface area contributed by atoms with Crippen molar-refractivity contribution >= 4 is 17.5 Å². The first kappa shape index (κ1) is 15.6. The van der Waals surface area contributed by atoms with E-state index in [4.69, 9.17) is 4.74 Å². The van der Waals surface area contributed by atoms with Gasteiger partial charge in [-0.2, -0.15) is 0 Å². The van der Waals surface area contributed by atoms with E-state index in [-0.39, 0.29) is 17.9 Å². The van der Waals surface area contributed by atoms with E-state index < -0.39 is 0 Å². The average Bonchev–Trinajstić information content (AvgIpc) is 3.20. The molecule has 3 fully saturated rings. The first-order valence-corrected chi connectivity index (χ1v) is 9.02. The first-order chi connectivity index (χ1) is 11.7. The van der Waals surface area contributed by atoms with Crippen LogP contribution in [0.5, 0.6) is 0 Å². The summed E-state index contributed by atoms with van der Waals surface area (Å²) >= 11 is 0. The summed E-state index contributed by atoms with van der Waals surface area (Å²) < 4.78 is 5.77. The minimum absolute atomic E-state index is 0.0249. The second-order valence-electron chi connectivity index (χ2n) is 7.06. The number of hydrogen-bond acceptors (Lipinski definition) is 3.